The number of H-pyrrole nitrogens is 1. The van der Waals surface area contributed by atoms with Gasteiger partial charge in [-0.2, -0.15) is 0 Å². The number of benzene rings is 1. The fourth-order valence-corrected chi connectivity index (χ4v) is 1.44. The Bertz CT molecular complexity index is 434. The lowest BCUT2D eigenvalue weighted by Crippen LogP contribution is -1.79. The lowest BCUT2D eigenvalue weighted by molar-refractivity contribution is 0.638. The van der Waals surface area contributed by atoms with Crippen molar-refractivity contribution in [2.45, 2.75) is 20.8 Å². The molecule has 0 saturated heterocycles. The molecule has 0 spiro atoms. The smallest absolute Gasteiger partial charge is 0.165 e. The second-order valence-electron chi connectivity index (χ2n) is 2.76. The average molecular weight is 214 g/mol. The number of nitrogens with one attached hydrogen (secondary N) is 1. The summed E-state index contributed by atoms with van der Waals surface area (Å²) in [4.78, 5) is 2.84. The van der Waals surface area contributed by atoms with E-state index in [1.54, 1.807) is 12.3 Å². The van der Waals surface area contributed by atoms with Crippen molar-refractivity contribution in [3.63, 3.8) is 0 Å². The standard InChI is InChI=1S/C9H7ClFN.C2H6/c1-5-4-12-9-6(5)2-3-7(10)8(9)11;1-2/h2-4,12H,1H3;1-2H3. The number of hydrogen-bond acceptors (Lipinski definition) is 0. The summed E-state index contributed by atoms with van der Waals surface area (Å²) >= 11 is 5.60. The van der Waals surface area contributed by atoms with Gasteiger partial charge in [-0.1, -0.05) is 31.5 Å². The number of halogens is 2. The van der Waals surface area contributed by atoms with Crippen LogP contribution in [0.1, 0.15) is 19.4 Å². The van der Waals surface area contributed by atoms with Crippen LogP contribution < -0.4 is 0 Å². The van der Waals surface area contributed by atoms with E-state index in [0.29, 0.717) is 5.52 Å². The van der Waals surface area contributed by atoms with Crippen molar-refractivity contribution >= 4 is 22.5 Å². The summed E-state index contributed by atoms with van der Waals surface area (Å²) in [5.74, 6) is -0.373. The van der Waals surface area contributed by atoms with E-state index in [1.807, 2.05) is 26.8 Å². The highest BCUT2D eigenvalue weighted by Crippen LogP contribution is 2.25. The van der Waals surface area contributed by atoms with E-state index < -0.39 is 0 Å². The van der Waals surface area contributed by atoms with E-state index in [0.717, 1.165) is 10.9 Å². The number of aryl methyl sites for hydroxylation is 1. The third kappa shape index (κ3) is 1.75. The fourth-order valence-electron chi connectivity index (χ4n) is 1.28. The van der Waals surface area contributed by atoms with Gasteiger partial charge in [0.15, 0.2) is 5.82 Å². The number of aromatic amines is 1. The highest BCUT2D eigenvalue weighted by molar-refractivity contribution is 6.31. The van der Waals surface area contributed by atoms with Crippen LogP contribution in [0.15, 0.2) is 18.3 Å². The first kappa shape index (κ1) is 11.1. The van der Waals surface area contributed by atoms with E-state index in [-0.39, 0.29) is 10.8 Å². The maximum Gasteiger partial charge on any atom is 0.165 e. The first-order chi connectivity index (χ1) is 6.70. The van der Waals surface area contributed by atoms with Gasteiger partial charge in [0.25, 0.3) is 0 Å². The van der Waals surface area contributed by atoms with Crippen LogP contribution in [0.3, 0.4) is 0 Å². The van der Waals surface area contributed by atoms with Gasteiger partial charge in [0.2, 0.25) is 0 Å². The van der Waals surface area contributed by atoms with Crippen LogP contribution in [-0.2, 0) is 0 Å². The Balaban J connectivity index is 0.000000461. The van der Waals surface area contributed by atoms with Gasteiger partial charge in [-0.15, -0.1) is 0 Å². The molecular formula is C11H13ClFN. The molecule has 0 unspecified atom stereocenters. The van der Waals surface area contributed by atoms with Crippen LogP contribution in [0.5, 0.6) is 0 Å². The van der Waals surface area contributed by atoms with Crippen molar-refractivity contribution < 1.29 is 4.39 Å². The summed E-state index contributed by atoms with van der Waals surface area (Å²) in [7, 11) is 0. The van der Waals surface area contributed by atoms with E-state index in [4.69, 9.17) is 11.6 Å². The van der Waals surface area contributed by atoms with Crippen molar-refractivity contribution in [3.05, 3.63) is 34.7 Å². The molecule has 1 aromatic carbocycles. The summed E-state index contributed by atoms with van der Waals surface area (Å²) in [6.45, 7) is 5.92. The molecule has 2 rings (SSSR count). The van der Waals surface area contributed by atoms with Crippen molar-refractivity contribution in [1.29, 1.82) is 0 Å². The van der Waals surface area contributed by atoms with Crippen molar-refractivity contribution in [3.8, 4) is 0 Å². The molecule has 3 heteroatoms. The van der Waals surface area contributed by atoms with Crippen LogP contribution in [0.25, 0.3) is 10.9 Å². The van der Waals surface area contributed by atoms with Crippen LogP contribution in [-0.4, -0.2) is 4.98 Å². The zero-order valence-electron chi connectivity index (χ0n) is 8.49. The van der Waals surface area contributed by atoms with Crippen molar-refractivity contribution in [1.82, 2.24) is 4.98 Å². The normalized spacial score (nSPS) is 9.79. The highest BCUT2D eigenvalue weighted by atomic mass is 35.5. The molecule has 0 radical (unpaired) electrons. The number of hydrogen-bond donors (Lipinski definition) is 1. The predicted octanol–water partition coefficient (Wildman–Crippen LogP) is 4.30. The quantitative estimate of drug-likeness (QED) is 0.672. The van der Waals surface area contributed by atoms with Gasteiger partial charge in [0.1, 0.15) is 0 Å². The average Bonchev–Trinajstić information content (AvgIpc) is 2.58. The van der Waals surface area contributed by atoms with Gasteiger partial charge >= 0.3 is 0 Å². The van der Waals surface area contributed by atoms with Gasteiger partial charge in [-0.3, -0.25) is 0 Å². The molecule has 0 saturated carbocycles. The summed E-state index contributed by atoms with van der Waals surface area (Å²) < 4.78 is 13.2. The minimum Gasteiger partial charge on any atom is -0.358 e. The van der Waals surface area contributed by atoms with Crippen LogP contribution >= 0.6 is 11.6 Å². The lowest BCUT2D eigenvalue weighted by atomic mass is 10.2. The molecule has 0 aliphatic carbocycles. The summed E-state index contributed by atoms with van der Waals surface area (Å²) in [5, 5.41) is 1.04. The van der Waals surface area contributed by atoms with E-state index in [9.17, 15) is 4.39 Å². The van der Waals surface area contributed by atoms with Crippen LogP contribution in [0.2, 0.25) is 5.02 Å². The molecule has 1 aromatic heterocycles. The Hall–Kier alpha value is -1.02. The molecule has 76 valence electrons. The molecule has 1 heterocycles. The minimum atomic E-state index is -0.373. The monoisotopic (exact) mass is 213 g/mol. The largest absolute Gasteiger partial charge is 0.358 e. The lowest BCUT2D eigenvalue weighted by Gasteiger charge is -1.95. The molecule has 0 bridgehead atoms. The van der Waals surface area contributed by atoms with Crippen LogP contribution in [0.4, 0.5) is 4.39 Å². The fraction of sp³-hybridized carbons (Fsp3) is 0.273. The minimum absolute atomic E-state index is 0.157. The number of aromatic nitrogens is 1. The Morgan fingerprint density at radius 3 is 2.57 bits per heavy atom. The molecule has 0 aliphatic rings. The molecule has 0 atom stereocenters. The highest BCUT2D eigenvalue weighted by Gasteiger charge is 2.07. The Kier molecular flexibility index (Phi) is 3.53. The topological polar surface area (TPSA) is 15.8 Å². The van der Waals surface area contributed by atoms with Crippen LogP contribution in [0, 0.1) is 12.7 Å². The molecule has 2 aromatic rings. The first-order valence-corrected chi connectivity index (χ1v) is 4.99. The van der Waals surface area contributed by atoms with Gasteiger partial charge in [0, 0.05) is 11.6 Å². The van der Waals surface area contributed by atoms with Crippen molar-refractivity contribution in [2.24, 2.45) is 0 Å². The van der Waals surface area contributed by atoms with E-state index in [2.05, 4.69) is 4.98 Å². The van der Waals surface area contributed by atoms with Gasteiger partial charge in [-0.25, -0.2) is 4.39 Å². The van der Waals surface area contributed by atoms with Gasteiger partial charge < -0.3 is 4.98 Å². The summed E-state index contributed by atoms with van der Waals surface area (Å²) in [5.41, 5.74) is 1.51. The second kappa shape index (κ2) is 4.47. The Morgan fingerprint density at radius 2 is 1.93 bits per heavy atom. The first-order valence-electron chi connectivity index (χ1n) is 4.62. The molecule has 0 fully saturated rings. The van der Waals surface area contributed by atoms with E-state index >= 15 is 0 Å². The Morgan fingerprint density at radius 1 is 1.29 bits per heavy atom. The molecular weight excluding hydrogens is 201 g/mol. The number of rotatable bonds is 0. The third-order valence-electron chi connectivity index (χ3n) is 1.95. The van der Waals surface area contributed by atoms with Gasteiger partial charge in [0.05, 0.1) is 10.5 Å². The van der Waals surface area contributed by atoms with E-state index in [1.165, 1.54) is 0 Å². The summed E-state index contributed by atoms with van der Waals surface area (Å²) in [6, 6.07) is 3.38. The maximum atomic E-state index is 13.2. The van der Waals surface area contributed by atoms with Crippen molar-refractivity contribution in [2.75, 3.05) is 0 Å². The third-order valence-corrected chi connectivity index (χ3v) is 2.24. The molecule has 1 nitrogen and oxygen atoms in total. The summed E-state index contributed by atoms with van der Waals surface area (Å²) in [6.07, 6.45) is 1.77. The molecule has 0 amide bonds. The van der Waals surface area contributed by atoms with Gasteiger partial charge in [-0.05, 0) is 18.6 Å². The predicted molar refractivity (Wildman–Crippen MR) is 59.4 cm³/mol. The maximum absolute atomic E-state index is 13.2. The molecule has 0 aliphatic heterocycles. The SMILES string of the molecule is CC.Cc1c[nH]c2c(F)c(Cl)ccc12. The second-order valence-corrected chi connectivity index (χ2v) is 3.16. The Labute approximate surface area is 87.9 Å². The molecule has 14 heavy (non-hydrogen) atoms. The zero-order valence-corrected chi connectivity index (χ0v) is 9.24. The number of fused-ring (bicyclic) bond motifs is 1. The molecule has 1 N–H and O–H groups in total. The zero-order chi connectivity index (χ0) is 10.7.